The van der Waals surface area contributed by atoms with Gasteiger partial charge in [0.2, 0.25) is 0 Å². The third-order valence-corrected chi connectivity index (χ3v) is 10.3. The van der Waals surface area contributed by atoms with Crippen LogP contribution in [0.5, 0.6) is 0 Å². The number of fused-ring (bicyclic) bond motifs is 3. The van der Waals surface area contributed by atoms with Gasteiger partial charge < -0.3 is 20.9 Å². The standard InChI is InChI=1S/C35H45N5/c1-23-6-3-10-32(37-23)26-7-4-9-28(18-26)38-33-13-11-24(19-29(33)27-8-5-17-40(2)22-27)25-12-14-34-30(20-25)31-21-36-16-15-35(31)39-34/h3,6,8,10-11,13,15-16,18,21,25-26,29-30,32,34,37-39H,4-5,7,9,12,14,17,19-20,22H2,1-2H3. The molecule has 3 aliphatic carbocycles. The first-order valence-corrected chi connectivity index (χ1v) is 15.7. The molecule has 6 unspecified atom stereocenters. The quantitative estimate of drug-likeness (QED) is 0.373. The summed E-state index contributed by atoms with van der Waals surface area (Å²) in [4.78, 5) is 6.97. The zero-order chi connectivity index (χ0) is 27.1. The molecule has 1 aromatic heterocycles. The van der Waals surface area contributed by atoms with Gasteiger partial charge in [0.15, 0.2) is 0 Å². The molecule has 0 amide bonds. The van der Waals surface area contributed by atoms with E-state index in [4.69, 9.17) is 0 Å². The Morgan fingerprint density at radius 1 is 1.07 bits per heavy atom. The summed E-state index contributed by atoms with van der Waals surface area (Å²) in [5.74, 6) is 2.25. The lowest BCUT2D eigenvalue weighted by Crippen LogP contribution is -2.37. The lowest BCUT2D eigenvalue weighted by Gasteiger charge is -2.38. The van der Waals surface area contributed by atoms with Gasteiger partial charge in [-0.2, -0.15) is 0 Å². The molecule has 0 radical (unpaired) electrons. The predicted molar refractivity (Wildman–Crippen MR) is 165 cm³/mol. The Balaban J connectivity index is 1.12. The number of allylic oxidation sites excluding steroid dienone is 8. The molecule has 0 saturated heterocycles. The molecule has 5 heteroatoms. The maximum absolute atomic E-state index is 4.47. The van der Waals surface area contributed by atoms with Gasteiger partial charge in [-0.1, -0.05) is 41.5 Å². The minimum absolute atomic E-state index is 0.403. The normalized spacial score (nSPS) is 33.7. The van der Waals surface area contributed by atoms with Gasteiger partial charge in [-0.15, -0.1) is 0 Å². The van der Waals surface area contributed by atoms with E-state index in [9.17, 15) is 0 Å². The molecular formula is C35H45N5. The Morgan fingerprint density at radius 3 is 2.92 bits per heavy atom. The smallest absolute Gasteiger partial charge is 0.0507 e. The minimum atomic E-state index is 0.403. The van der Waals surface area contributed by atoms with Gasteiger partial charge in [0, 0.05) is 72.1 Å². The van der Waals surface area contributed by atoms with Crippen LogP contribution in [0, 0.1) is 17.8 Å². The summed E-state index contributed by atoms with van der Waals surface area (Å²) in [6.45, 7) is 4.42. The number of rotatable bonds is 5. The van der Waals surface area contributed by atoms with Crippen LogP contribution < -0.4 is 16.0 Å². The molecule has 3 N–H and O–H groups in total. The van der Waals surface area contributed by atoms with Crippen LogP contribution in [0.4, 0.5) is 5.69 Å². The maximum atomic E-state index is 4.47. The summed E-state index contributed by atoms with van der Waals surface area (Å²) in [6.07, 6.45) is 30.5. The van der Waals surface area contributed by atoms with Crippen molar-refractivity contribution >= 4 is 5.69 Å². The van der Waals surface area contributed by atoms with Crippen LogP contribution in [0.3, 0.4) is 0 Å². The molecule has 210 valence electrons. The number of dihydropyridines is 1. The first-order chi connectivity index (χ1) is 19.6. The van der Waals surface area contributed by atoms with Crippen molar-refractivity contribution in [2.24, 2.45) is 17.8 Å². The Kier molecular flexibility index (Phi) is 7.17. The number of aromatic nitrogens is 1. The van der Waals surface area contributed by atoms with Crippen LogP contribution >= 0.6 is 0 Å². The van der Waals surface area contributed by atoms with Crippen molar-refractivity contribution in [2.45, 2.75) is 76.3 Å². The van der Waals surface area contributed by atoms with E-state index in [0.717, 1.165) is 25.8 Å². The fraction of sp³-hybridized carbons (Fsp3) is 0.514. The molecular weight excluding hydrogens is 490 g/mol. The molecule has 1 fully saturated rings. The van der Waals surface area contributed by atoms with E-state index in [1.54, 1.807) is 11.1 Å². The van der Waals surface area contributed by atoms with Gasteiger partial charge in [0.05, 0.1) is 6.04 Å². The van der Waals surface area contributed by atoms with Crippen molar-refractivity contribution in [2.75, 3.05) is 25.5 Å². The van der Waals surface area contributed by atoms with Crippen molar-refractivity contribution < 1.29 is 0 Å². The van der Waals surface area contributed by atoms with Crippen LogP contribution in [0.2, 0.25) is 0 Å². The highest BCUT2D eigenvalue weighted by Gasteiger charge is 2.39. The van der Waals surface area contributed by atoms with Gasteiger partial charge in [-0.25, -0.2) is 0 Å². The molecule has 1 aromatic rings. The average molecular weight is 536 g/mol. The first-order valence-electron chi connectivity index (χ1n) is 15.7. The van der Waals surface area contributed by atoms with E-state index in [2.05, 4.69) is 94.6 Å². The molecule has 0 spiro atoms. The molecule has 40 heavy (non-hydrogen) atoms. The molecule has 0 aromatic carbocycles. The van der Waals surface area contributed by atoms with Crippen molar-refractivity contribution in [1.29, 1.82) is 0 Å². The highest BCUT2D eigenvalue weighted by molar-refractivity contribution is 5.58. The fourth-order valence-corrected chi connectivity index (χ4v) is 8.18. The first kappa shape index (κ1) is 25.9. The fourth-order valence-electron chi connectivity index (χ4n) is 8.18. The number of hydrogen-bond acceptors (Lipinski definition) is 5. The van der Waals surface area contributed by atoms with Gasteiger partial charge in [-0.3, -0.25) is 4.98 Å². The van der Waals surface area contributed by atoms with Crippen molar-refractivity contribution in [3.63, 3.8) is 0 Å². The molecule has 3 aliphatic heterocycles. The lowest BCUT2D eigenvalue weighted by molar-refractivity contribution is 0.322. The van der Waals surface area contributed by atoms with Gasteiger partial charge in [0.1, 0.15) is 0 Å². The highest BCUT2D eigenvalue weighted by Crippen LogP contribution is 2.49. The minimum Gasteiger partial charge on any atom is -0.382 e. The Labute approximate surface area is 240 Å². The van der Waals surface area contributed by atoms with Gasteiger partial charge in [-0.05, 0) is 95.0 Å². The second-order valence-corrected chi connectivity index (χ2v) is 13.0. The average Bonchev–Trinajstić information content (AvgIpc) is 3.36. The second-order valence-electron chi connectivity index (χ2n) is 13.0. The Hall–Kier alpha value is -3.05. The van der Waals surface area contributed by atoms with Gasteiger partial charge in [0.25, 0.3) is 0 Å². The van der Waals surface area contributed by atoms with E-state index in [-0.39, 0.29) is 0 Å². The zero-order valence-electron chi connectivity index (χ0n) is 24.2. The molecule has 0 bridgehead atoms. The van der Waals surface area contributed by atoms with Crippen LogP contribution in [-0.4, -0.2) is 42.1 Å². The third kappa shape index (κ3) is 5.21. The largest absolute Gasteiger partial charge is 0.382 e. The summed E-state index contributed by atoms with van der Waals surface area (Å²) >= 11 is 0. The lowest BCUT2D eigenvalue weighted by atomic mass is 9.70. The van der Waals surface area contributed by atoms with E-state index >= 15 is 0 Å². The topological polar surface area (TPSA) is 52.2 Å². The molecule has 5 nitrogen and oxygen atoms in total. The Morgan fingerprint density at radius 2 is 2.02 bits per heavy atom. The summed E-state index contributed by atoms with van der Waals surface area (Å²) < 4.78 is 0. The van der Waals surface area contributed by atoms with Crippen LogP contribution in [0.25, 0.3) is 0 Å². The van der Waals surface area contributed by atoms with Crippen LogP contribution in [0.15, 0.2) is 89.2 Å². The van der Waals surface area contributed by atoms with Crippen LogP contribution in [-0.2, 0) is 0 Å². The summed E-state index contributed by atoms with van der Waals surface area (Å²) in [5, 5.41) is 11.5. The number of anilines is 1. The van der Waals surface area contributed by atoms with E-state index in [1.807, 2.05) is 6.20 Å². The third-order valence-electron chi connectivity index (χ3n) is 10.3. The maximum Gasteiger partial charge on any atom is 0.0507 e. The molecule has 6 aliphatic rings. The van der Waals surface area contributed by atoms with E-state index in [0.29, 0.717) is 35.8 Å². The predicted octanol–water partition coefficient (Wildman–Crippen LogP) is 6.56. The number of nitrogens with one attached hydrogen (secondary N) is 3. The number of likely N-dealkylation sites (N-methyl/N-ethyl adjacent to an activating group) is 1. The van der Waals surface area contributed by atoms with E-state index < -0.39 is 0 Å². The number of nitrogens with zero attached hydrogens (tertiary/aromatic N) is 2. The van der Waals surface area contributed by atoms with Crippen molar-refractivity contribution in [3.05, 3.63) is 94.8 Å². The summed E-state index contributed by atoms with van der Waals surface area (Å²) in [6, 6.07) is 3.14. The number of pyridine rings is 1. The molecule has 6 atom stereocenters. The highest BCUT2D eigenvalue weighted by atomic mass is 15.1. The summed E-state index contributed by atoms with van der Waals surface area (Å²) in [7, 11) is 2.28. The SMILES string of the molecule is CC1=CC=CC(C2C=C(NC3=CC=C(C4CCC5Nc6ccncc6C5C4)CC3C3=CCCN(C)C3)CCC2)N1. The summed E-state index contributed by atoms with van der Waals surface area (Å²) in [5.41, 5.74) is 10.1. The van der Waals surface area contributed by atoms with Crippen molar-refractivity contribution in [1.82, 2.24) is 20.5 Å². The zero-order valence-corrected chi connectivity index (χ0v) is 24.2. The van der Waals surface area contributed by atoms with Gasteiger partial charge >= 0.3 is 0 Å². The number of hydrogen-bond donors (Lipinski definition) is 3. The van der Waals surface area contributed by atoms with Crippen LogP contribution in [0.1, 0.15) is 69.8 Å². The van der Waals surface area contributed by atoms with E-state index in [1.165, 1.54) is 67.0 Å². The molecule has 4 heterocycles. The molecule has 7 rings (SSSR count). The van der Waals surface area contributed by atoms with Crippen molar-refractivity contribution in [3.8, 4) is 0 Å². The Bertz CT molecular complexity index is 1310. The second kappa shape index (κ2) is 11.1. The monoisotopic (exact) mass is 535 g/mol. The molecule has 1 saturated carbocycles.